The molecule has 1 atom stereocenters. The molecule has 0 fully saturated rings. The van der Waals surface area contributed by atoms with Crippen molar-refractivity contribution >= 4 is 49.9 Å². The molecular weight excluding hydrogens is 367 g/mol. The van der Waals surface area contributed by atoms with Crippen LogP contribution >= 0.6 is 39.1 Å². The molecule has 0 aliphatic heterocycles. The zero-order valence-corrected chi connectivity index (χ0v) is 14.5. The SMILES string of the molecule is Cc1cc(Cl)cc(C(Cl)c2ccc(Br)c3ccccc23)c1. The van der Waals surface area contributed by atoms with E-state index in [9.17, 15) is 0 Å². The van der Waals surface area contributed by atoms with Crippen molar-refractivity contribution in [1.29, 1.82) is 0 Å². The molecule has 3 aromatic carbocycles. The molecule has 0 nitrogen and oxygen atoms in total. The topological polar surface area (TPSA) is 0 Å². The lowest BCUT2D eigenvalue weighted by molar-refractivity contribution is 1.15. The van der Waals surface area contributed by atoms with Crippen LogP contribution in [0.1, 0.15) is 22.1 Å². The van der Waals surface area contributed by atoms with Crippen LogP contribution in [-0.2, 0) is 0 Å². The van der Waals surface area contributed by atoms with Gasteiger partial charge in [0.05, 0.1) is 5.38 Å². The molecule has 0 spiro atoms. The Bertz CT molecular complexity index is 791. The zero-order chi connectivity index (χ0) is 15.0. The Morgan fingerprint density at radius 2 is 1.67 bits per heavy atom. The van der Waals surface area contributed by atoms with Crippen molar-refractivity contribution in [2.45, 2.75) is 12.3 Å². The Labute approximate surface area is 142 Å². The highest BCUT2D eigenvalue weighted by atomic mass is 79.9. The fourth-order valence-corrected chi connectivity index (χ4v) is 3.69. The minimum Gasteiger partial charge on any atom is -0.113 e. The number of alkyl halides is 1. The molecule has 1 unspecified atom stereocenters. The van der Waals surface area contributed by atoms with Crippen molar-refractivity contribution in [2.24, 2.45) is 0 Å². The van der Waals surface area contributed by atoms with Crippen molar-refractivity contribution in [3.63, 3.8) is 0 Å². The van der Waals surface area contributed by atoms with E-state index in [1.54, 1.807) is 0 Å². The third-order valence-corrected chi connectivity index (χ3v) is 4.93. The van der Waals surface area contributed by atoms with E-state index < -0.39 is 0 Å². The summed E-state index contributed by atoms with van der Waals surface area (Å²) in [6.07, 6.45) is 0. The Kier molecular flexibility index (Phi) is 4.26. The van der Waals surface area contributed by atoms with Crippen LogP contribution in [0.3, 0.4) is 0 Å². The molecule has 0 N–H and O–H groups in total. The first-order valence-corrected chi connectivity index (χ1v) is 8.25. The molecule has 106 valence electrons. The van der Waals surface area contributed by atoms with Gasteiger partial charge < -0.3 is 0 Å². The Balaban J connectivity index is 2.18. The van der Waals surface area contributed by atoms with E-state index in [1.165, 1.54) is 5.39 Å². The van der Waals surface area contributed by atoms with Gasteiger partial charge in [-0.25, -0.2) is 0 Å². The molecule has 0 saturated carbocycles. The lowest BCUT2D eigenvalue weighted by Crippen LogP contribution is -1.96. The number of halogens is 3. The van der Waals surface area contributed by atoms with Crippen molar-refractivity contribution < 1.29 is 0 Å². The molecule has 0 saturated heterocycles. The van der Waals surface area contributed by atoms with E-state index in [0.29, 0.717) is 0 Å². The average molecular weight is 380 g/mol. The Morgan fingerprint density at radius 1 is 0.952 bits per heavy atom. The summed E-state index contributed by atoms with van der Waals surface area (Å²) >= 11 is 16.5. The van der Waals surface area contributed by atoms with Gasteiger partial charge in [-0.3, -0.25) is 0 Å². The predicted molar refractivity (Wildman–Crippen MR) is 95.5 cm³/mol. The maximum Gasteiger partial charge on any atom is 0.0842 e. The maximum atomic E-state index is 6.73. The number of fused-ring (bicyclic) bond motifs is 1. The third-order valence-electron chi connectivity index (χ3n) is 3.53. The maximum absolute atomic E-state index is 6.73. The van der Waals surface area contributed by atoms with Crippen LogP contribution in [0.25, 0.3) is 10.8 Å². The van der Waals surface area contributed by atoms with E-state index in [-0.39, 0.29) is 5.38 Å². The van der Waals surface area contributed by atoms with Crippen LogP contribution in [0.5, 0.6) is 0 Å². The number of hydrogen-bond acceptors (Lipinski definition) is 0. The minimum absolute atomic E-state index is 0.222. The predicted octanol–water partition coefficient (Wildman–Crippen LogP) is 6.89. The van der Waals surface area contributed by atoms with Gasteiger partial charge in [-0.2, -0.15) is 0 Å². The number of rotatable bonds is 2. The van der Waals surface area contributed by atoms with Crippen LogP contribution in [0.15, 0.2) is 59.1 Å². The first-order chi connectivity index (χ1) is 10.1. The van der Waals surface area contributed by atoms with Gasteiger partial charge in [-0.15, -0.1) is 11.6 Å². The molecule has 0 radical (unpaired) electrons. The highest BCUT2D eigenvalue weighted by Gasteiger charge is 2.15. The van der Waals surface area contributed by atoms with Gasteiger partial charge in [0.2, 0.25) is 0 Å². The van der Waals surface area contributed by atoms with Gasteiger partial charge >= 0.3 is 0 Å². The summed E-state index contributed by atoms with van der Waals surface area (Å²) in [7, 11) is 0. The van der Waals surface area contributed by atoms with E-state index in [4.69, 9.17) is 23.2 Å². The van der Waals surface area contributed by atoms with Crippen LogP contribution in [0.4, 0.5) is 0 Å². The van der Waals surface area contributed by atoms with E-state index in [2.05, 4.69) is 40.2 Å². The normalized spacial score (nSPS) is 12.6. The highest BCUT2D eigenvalue weighted by molar-refractivity contribution is 9.10. The molecule has 3 rings (SSSR count). The third kappa shape index (κ3) is 2.96. The van der Waals surface area contributed by atoms with Crippen molar-refractivity contribution in [2.75, 3.05) is 0 Å². The van der Waals surface area contributed by atoms with Gasteiger partial charge in [-0.05, 0) is 52.6 Å². The van der Waals surface area contributed by atoms with Crippen LogP contribution in [0.2, 0.25) is 5.02 Å². The second-order valence-corrected chi connectivity index (χ2v) is 6.83. The first kappa shape index (κ1) is 14.9. The van der Waals surface area contributed by atoms with Crippen LogP contribution in [0, 0.1) is 6.92 Å². The van der Waals surface area contributed by atoms with Crippen molar-refractivity contribution in [3.05, 3.63) is 80.8 Å². The largest absolute Gasteiger partial charge is 0.113 e. The molecule has 3 heteroatoms. The van der Waals surface area contributed by atoms with E-state index in [1.807, 2.05) is 37.3 Å². The summed E-state index contributed by atoms with van der Waals surface area (Å²) in [5, 5.41) is 2.82. The van der Waals surface area contributed by atoms with Gasteiger partial charge in [0, 0.05) is 9.50 Å². The summed E-state index contributed by atoms with van der Waals surface area (Å²) in [5.74, 6) is 0. The van der Waals surface area contributed by atoms with Crippen LogP contribution < -0.4 is 0 Å². The summed E-state index contributed by atoms with van der Waals surface area (Å²) < 4.78 is 1.08. The molecule has 0 heterocycles. The lowest BCUT2D eigenvalue weighted by atomic mass is 9.97. The lowest BCUT2D eigenvalue weighted by Gasteiger charge is -2.15. The van der Waals surface area contributed by atoms with Crippen molar-refractivity contribution in [3.8, 4) is 0 Å². The molecule has 3 aromatic rings. The fourth-order valence-electron chi connectivity index (χ4n) is 2.60. The second-order valence-electron chi connectivity index (χ2n) is 5.11. The molecule has 0 bridgehead atoms. The summed E-state index contributed by atoms with van der Waals surface area (Å²) in [6.45, 7) is 2.03. The Morgan fingerprint density at radius 3 is 2.38 bits per heavy atom. The minimum atomic E-state index is -0.222. The standard InChI is InChI=1S/C18H13BrCl2/c1-11-8-12(10-13(20)9-11)18(21)16-6-7-17(19)15-5-3-2-4-14(15)16/h2-10,18H,1H3. The number of hydrogen-bond donors (Lipinski definition) is 0. The van der Waals surface area contributed by atoms with E-state index in [0.717, 1.165) is 31.6 Å². The summed E-state index contributed by atoms with van der Waals surface area (Å²) in [4.78, 5) is 0. The molecule has 0 aliphatic rings. The second kappa shape index (κ2) is 6.00. The van der Waals surface area contributed by atoms with Crippen molar-refractivity contribution in [1.82, 2.24) is 0 Å². The fraction of sp³-hybridized carbons (Fsp3) is 0.111. The monoisotopic (exact) mass is 378 g/mol. The first-order valence-electron chi connectivity index (χ1n) is 6.64. The Hall–Kier alpha value is -1.02. The van der Waals surface area contributed by atoms with Gasteiger partial charge in [0.15, 0.2) is 0 Å². The molecular formula is C18H13BrCl2. The molecule has 0 aliphatic carbocycles. The van der Waals surface area contributed by atoms with Gasteiger partial charge in [0.1, 0.15) is 0 Å². The summed E-state index contributed by atoms with van der Waals surface area (Å²) in [6, 6.07) is 18.3. The quantitative estimate of drug-likeness (QED) is 0.425. The number of benzene rings is 3. The average Bonchev–Trinajstić information content (AvgIpc) is 2.46. The number of aryl methyl sites for hydroxylation is 1. The molecule has 0 amide bonds. The van der Waals surface area contributed by atoms with Gasteiger partial charge in [0.25, 0.3) is 0 Å². The zero-order valence-electron chi connectivity index (χ0n) is 11.4. The smallest absolute Gasteiger partial charge is 0.0842 e. The molecule has 0 aromatic heterocycles. The highest BCUT2D eigenvalue weighted by Crippen LogP contribution is 2.37. The van der Waals surface area contributed by atoms with Gasteiger partial charge in [-0.1, -0.05) is 63.9 Å². The van der Waals surface area contributed by atoms with Crippen LogP contribution in [-0.4, -0.2) is 0 Å². The van der Waals surface area contributed by atoms with E-state index >= 15 is 0 Å². The summed E-state index contributed by atoms with van der Waals surface area (Å²) in [5.41, 5.74) is 3.23. The molecule has 21 heavy (non-hydrogen) atoms.